The van der Waals surface area contributed by atoms with Gasteiger partial charge in [-0.05, 0) is 42.1 Å². The fourth-order valence-electron chi connectivity index (χ4n) is 3.62. The Morgan fingerprint density at radius 2 is 1.76 bits per heavy atom. The highest BCUT2D eigenvalue weighted by Gasteiger charge is 2.47. The number of Topliss-reactive ketones (excluding diaryl/α,β-unsaturated/α-hetero) is 1. The van der Waals surface area contributed by atoms with Gasteiger partial charge in [0.15, 0.2) is 0 Å². The maximum absolute atomic E-state index is 13.1. The van der Waals surface area contributed by atoms with Crippen LogP contribution in [0.25, 0.3) is 5.76 Å². The summed E-state index contributed by atoms with van der Waals surface area (Å²) in [6, 6.07) is 17.3. The average Bonchev–Trinajstić information content (AvgIpc) is 3.35. The van der Waals surface area contributed by atoms with E-state index >= 15 is 0 Å². The van der Waals surface area contributed by atoms with Crippen LogP contribution in [0.4, 0.5) is 5.69 Å². The number of carbonyl (C=O) groups is 2. The molecule has 3 aromatic rings. The zero-order valence-corrected chi connectivity index (χ0v) is 16.8. The maximum atomic E-state index is 13.1. The van der Waals surface area contributed by atoms with Gasteiger partial charge in [0.25, 0.3) is 11.7 Å². The van der Waals surface area contributed by atoms with Crippen LogP contribution < -0.4 is 9.64 Å². The van der Waals surface area contributed by atoms with Crippen LogP contribution in [-0.4, -0.2) is 23.9 Å². The number of carbonyl (C=O) groups excluding carboxylic acids is 2. The molecule has 1 aromatic heterocycles. The average molecular weight is 405 g/mol. The molecule has 146 valence electrons. The Bertz CT molecular complexity index is 1120. The number of rotatable bonds is 4. The van der Waals surface area contributed by atoms with Gasteiger partial charge in [0, 0.05) is 10.6 Å². The van der Waals surface area contributed by atoms with E-state index in [1.807, 2.05) is 48.7 Å². The molecule has 0 spiro atoms. The van der Waals surface area contributed by atoms with Crippen molar-refractivity contribution in [2.45, 2.75) is 13.0 Å². The zero-order chi connectivity index (χ0) is 20.5. The third kappa shape index (κ3) is 3.11. The van der Waals surface area contributed by atoms with Crippen LogP contribution in [-0.2, 0) is 9.59 Å². The van der Waals surface area contributed by atoms with E-state index < -0.39 is 17.7 Å². The molecule has 2 heterocycles. The Morgan fingerprint density at radius 1 is 1.03 bits per heavy atom. The van der Waals surface area contributed by atoms with Gasteiger partial charge < -0.3 is 9.84 Å². The van der Waals surface area contributed by atoms with Gasteiger partial charge in [0.2, 0.25) is 0 Å². The van der Waals surface area contributed by atoms with Crippen molar-refractivity contribution in [3.8, 4) is 5.75 Å². The molecule has 0 saturated carbocycles. The highest BCUT2D eigenvalue weighted by atomic mass is 32.1. The number of hydrogen-bond donors (Lipinski definition) is 1. The van der Waals surface area contributed by atoms with Crippen LogP contribution in [0.2, 0.25) is 0 Å². The van der Waals surface area contributed by atoms with Crippen LogP contribution in [0.5, 0.6) is 5.75 Å². The summed E-state index contributed by atoms with van der Waals surface area (Å²) in [4.78, 5) is 28.4. The molecule has 0 radical (unpaired) electrons. The summed E-state index contributed by atoms with van der Waals surface area (Å²) in [6.45, 7) is 1.89. The number of methoxy groups -OCH3 is 1. The first-order valence-electron chi connectivity index (χ1n) is 9.08. The van der Waals surface area contributed by atoms with E-state index in [9.17, 15) is 14.7 Å². The van der Waals surface area contributed by atoms with Crippen molar-refractivity contribution in [1.29, 1.82) is 0 Å². The quantitative estimate of drug-likeness (QED) is 0.388. The molecule has 0 aliphatic carbocycles. The van der Waals surface area contributed by atoms with Gasteiger partial charge in [-0.2, -0.15) is 0 Å². The minimum atomic E-state index is -0.713. The second kappa shape index (κ2) is 7.56. The topological polar surface area (TPSA) is 66.8 Å². The lowest BCUT2D eigenvalue weighted by molar-refractivity contribution is -0.132. The molecule has 1 unspecified atom stereocenters. The summed E-state index contributed by atoms with van der Waals surface area (Å²) in [5, 5.41) is 13.0. The SMILES string of the molecule is COc1ccccc1/C(O)=C1/C(=O)C(=O)N(c2ccccc2C)C1c1cccs1. The number of hydrogen-bond acceptors (Lipinski definition) is 5. The molecule has 6 heteroatoms. The van der Waals surface area contributed by atoms with Crippen molar-refractivity contribution in [1.82, 2.24) is 0 Å². The Morgan fingerprint density at radius 3 is 2.45 bits per heavy atom. The molecule has 1 fully saturated rings. The van der Waals surface area contributed by atoms with Gasteiger partial charge in [-0.25, -0.2) is 0 Å². The van der Waals surface area contributed by atoms with Gasteiger partial charge in [-0.3, -0.25) is 14.5 Å². The number of aliphatic hydroxyl groups excluding tert-OH is 1. The number of aliphatic hydroxyl groups is 1. The second-order valence-corrected chi connectivity index (χ2v) is 7.65. The summed E-state index contributed by atoms with van der Waals surface area (Å²) < 4.78 is 5.34. The molecular formula is C23H19NO4S. The first kappa shape index (κ1) is 19.0. The van der Waals surface area contributed by atoms with Crippen molar-refractivity contribution < 1.29 is 19.4 Å². The standard InChI is InChI=1S/C23H19NO4S/c1-14-8-3-5-10-16(14)24-20(18-12-7-13-29-18)19(22(26)23(24)27)21(25)15-9-4-6-11-17(15)28-2/h3-13,20,25H,1-2H3/b21-19-. The number of benzene rings is 2. The molecule has 5 nitrogen and oxygen atoms in total. The third-order valence-electron chi connectivity index (χ3n) is 4.99. The van der Waals surface area contributed by atoms with Gasteiger partial charge in [0.1, 0.15) is 17.6 Å². The molecule has 1 aliphatic rings. The Labute approximate surface area is 172 Å². The van der Waals surface area contributed by atoms with Crippen LogP contribution in [0, 0.1) is 6.92 Å². The molecule has 4 rings (SSSR count). The lowest BCUT2D eigenvalue weighted by Gasteiger charge is -2.25. The van der Waals surface area contributed by atoms with Gasteiger partial charge in [-0.1, -0.05) is 36.4 Å². The smallest absolute Gasteiger partial charge is 0.300 e. The molecular weight excluding hydrogens is 386 g/mol. The van der Waals surface area contributed by atoms with E-state index in [0.29, 0.717) is 17.0 Å². The highest BCUT2D eigenvalue weighted by Crippen LogP contribution is 2.45. The molecule has 1 saturated heterocycles. The third-order valence-corrected chi connectivity index (χ3v) is 5.92. The molecule has 1 amide bonds. The van der Waals surface area contributed by atoms with E-state index in [1.165, 1.54) is 23.3 Å². The summed E-state index contributed by atoms with van der Waals surface area (Å²) in [5.41, 5.74) is 1.95. The summed E-state index contributed by atoms with van der Waals surface area (Å²) in [7, 11) is 1.49. The maximum Gasteiger partial charge on any atom is 0.300 e. The zero-order valence-electron chi connectivity index (χ0n) is 16.0. The molecule has 2 aromatic carbocycles. The van der Waals surface area contributed by atoms with Crippen LogP contribution in [0.15, 0.2) is 71.6 Å². The molecule has 1 atom stereocenters. The van der Waals surface area contributed by atoms with E-state index in [-0.39, 0.29) is 11.3 Å². The number of nitrogens with zero attached hydrogens (tertiary/aromatic N) is 1. The van der Waals surface area contributed by atoms with Gasteiger partial charge in [-0.15, -0.1) is 11.3 Å². The van der Waals surface area contributed by atoms with Gasteiger partial charge in [0.05, 0.1) is 18.2 Å². The normalized spacial score (nSPS) is 18.3. The lowest BCUT2D eigenvalue weighted by Crippen LogP contribution is -2.29. The first-order valence-corrected chi connectivity index (χ1v) is 9.96. The van der Waals surface area contributed by atoms with Crippen LogP contribution >= 0.6 is 11.3 Å². The minimum Gasteiger partial charge on any atom is -0.507 e. The fraction of sp³-hybridized carbons (Fsp3) is 0.130. The number of thiophene rings is 1. The minimum absolute atomic E-state index is 0.0604. The number of ketones is 1. The van der Waals surface area contributed by atoms with E-state index in [1.54, 1.807) is 24.3 Å². The van der Waals surface area contributed by atoms with Crippen molar-refractivity contribution in [3.05, 3.63) is 87.6 Å². The number of anilines is 1. The number of ether oxygens (including phenoxy) is 1. The first-order chi connectivity index (χ1) is 14.0. The van der Waals surface area contributed by atoms with Crippen LogP contribution in [0.1, 0.15) is 22.0 Å². The van der Waals surface area contributed by atoms with Crippen molar-refractivity contribution in [3.63, 3.8) is 0 Å². The molecule has 0 bridgehead atoms. The second-order valence-electron chi connectivity index (χ2n) is 6.67. The predicted molar refractivity (Wildman–Crippen MR) is 113 cm³/mol. The number of para-hydroxylation sites is 2. The Hall–Kier alpha value is -3.38. The highest BCUT2D eigenvalue weighted by molar-refractivity contribution is 7.10. The van der Waals surface area contributed by atoms with Crippen molar-refractivity contribution >= 4 is 34.5 Å². The number of amides is 1. The molecule has 1 aliphatic heterocycles. The molecule has 1 N–H and O–H groups in total. The summed E-state index contributed by atoms with van der Waals surface area (Å²) in [5.74, 6) is -1.18. The van der Waals surface area contributed by atoms with Crippen LogP contribution in [0.3, 0.4) is 0 Å². The van der Waals surface area contributed by atoms with Crippen molar-refractivity contribution in [2.24, 2.45) is 0 Å². The summed E-state index contributed by atoms with van der Waals surface area (Å²) >= 11 is 1.43. The summed E-state index contributed by atoms with van der Waals surface area (Å²) in [6.07, 6.45) is 0. The molecule has 29 heavy (non-hydrogen) atoms. The Kier molecular flexibility index (Phi) is 4.94. The van der Waals surface area contributed by atoms with E-state index in [4.69, 9.17) is 4.74 Å². The lowest BCUT2D eigenvalue weighted by atomic mass is 9.99. The monoisotopic (exact) mass is 405 g/mol. The van der Waals surface area contributed by atoms with E-state index in [2.05, 4.69) is 0 Å². The fourth-order valence-corrected chi connectivity index (χ4v) is 4.44. The Balaban J connectivity index is 1.97. The number of aryl methyl sites for hydroxylation is 1. The van der Waals surface area contributed by atoms with Gasteiger partial charge >= 0.3 is 0 Å². The largest absolute Gasteiger partial charge is 0.507 e. The van der Waals surface area contributed by atoms with Crippen molar-refractivity contribution in [2.75, 3.05) is 12.0 Å². The van der Waals surface area contributed by atoms with E-state index in [0.717, 1.165) is 10.4 Å². The predicted octanol–water partition coefficient (Wildman–Crippen LogP) is 4.69.